The molecule has 27 heavy (non-hydrogen) atoms. The molecule has 1 fully saturated rings. The summed E-state index contributed by atoms with van der Waals surface area (Å²) in [7, 11) is 1.60. The molecule has 1 aliphatic heterocycles. The monoisotopic (exact) mass is 388 g/mol. The van der Waals surface area contributed by atoms with Crippen molar-refractivity contribution in [2.75, 3.05) is 12.9 Å². The highest BCUT2D eigenvalue weighted by atomic mass is 32.2. The number of nitrogens with one attached hydrogen (secondary N) is 1. The first-order chi connectivity index (χ1) is 13.0. The maximum atomic E-state index is 13.0. The van der Waals surface area contributed by atoms with E-state index in [1.54, 1.807) is 31.1 Å². The van der Waals surface area contributed by atoms with Crippen LogP contribution in [0.5, 0.6) is 5.75 Å². The standard InChI is InChI=1S/C20H21FN2O3S/c1-13(19(25)22-11-14-3-7-16(21)8-4-14)23-18(24)12-27-20(23)15-5-9-17(26-2)10-6-15/h3-10,13,20H,11-12H2,1-2H3,(H,22,25)/t13-,20+/m1/s1. The second kappa shape index (κ2) is 8.43. The zero-order valence-electron chi connectivity index (χ0n) is 15.1. The molecule has 2 atom stereocenters. The molecule has 2 aromatic rings. The highest BCUT2D eigenvalue weighted by Crippen LogP contribution is 2.40. The number of nitrogens with zero attached hydrogens (tertiary/aromatic N) is 1. The van der Waals surface area contributed by atoms with Crippen LogP contribution in [-0.2, 0) is 16.1 Å². The fourth-order valence-corrected chi connectivity index (χ4v) is 4.21. The van der Waals surface area contributed by atoms with Gasteiger partial charge >= 0.3 is 0 Å². The summed E-state index contributed by atoms with van der Waals surface area (Å²) in [6, 6.07) is 12.8. The number of hydrogen-bond acceptors (Lipinski definition) is 4. The molecule has 0 radical (unpaired) electrons. The zero-order chi connectivity index (χ0) is 19.4. The van der Waals surface area contributed by atoms with Crippen LogP contribution in [0.3, 0.4) is 0 Å². The van der Waals surface area contributed by atoms with Gasteiger partial charge in [0, 0.05) is 6.54 Å². The fraction of sp³-hybridized carbons (Fsp3) is 0.300. The summed E-state index contributed by atoms with van der Waals surface area (Å²) in [5.41, 5.74) is 1.75. The van der Waals surface area contributed by atoms with Gasteiger partial charge in [-0.2, -0.15) is 0 Å². The van der Waals surface area contributed by atoms with Crippen molar-refractivity contribution in [3.63, 3.8) is 0 Å². The van der Waals surface area contributed by atoms with Crippen molar-refractivity contribution in [1.29, 1.82) is 0 Å². The largest absolute Gasteiger partial charge is 0.497 e. The van der Waals surface area contributed by atoms with E-state index in [1.165, 1.54) is 23.9 Å². The molecular formula is C20H21FN2O3S. The molecular weight excluding hydrogens is 367 g/mol. The molecule has 3 rings (SSSR count). The van der Waals surface area contributed by atoms with Gasteiger partial charge in [0.1, 0.15) is 23.0 Å². The smallest absolute Gasteiger partial charge is 0.242 e. The quantitative estimate of drug-likeness (QED) is 0.826. The van der Waals surface area contributed by atoms with E-state index in [1.807, 2.05) is 24.3 Å². The summed E-state index contributed by atoms with van der Waals surface area (Å²) in [5, 5.41) is 2.61. The average Bonchev–Trinajstić information content (AvgIpc) is 3.08. The van der Waals surface area contributed by atoms with Crippen molar-refractivity contribution in [3.05, 3.63) is 65.5 Å². The van der Waals surface area contributed by atoms with Gasteiger partial charge < -0.3 is 15.0 Å². The molecule has 5 nitrogen and oxygen atoms in total. The summed E-state index contributed by atoms with van der Waals surface area (Å²) >= 11 is 1.50. The average molecular weight is 388 g/mol. The SMILES string of the molecule is COc1ccc([C@@H]2SCC(=O)N2[C@H](C)C(=O)NCc2ccc(F)cc2)cc1. The number of amides is 2. The Morgan fingerprint density at radius 1 is 1.26 bits per heavy atom. The summed E-state index contributed by atoms with van der Waals surface area (Å²) in [6.07, 6.45) is 0. The molecule has 1 heterocycles. The molecule has 0 aromatic heterocycles. The molecule has 0 unspecified atom stereocenters. The van der Waals surface area contributed by atoms with Gasteiger partial charge in [0.05, 0.1) is 12.9 Å². The van der Waals surface area contributed by atoms with Gasteiger partial charge in [-0.25, -0.2) is 4.39 Å². The molecule has 0 bridgehead atoms. The topological polar surface area (TPSA) is 58.6 Å². The molecule has 1 saturated heterocycles. The van der Waals surface area contributed by atoms with Crippen LogP contribution < -0.4 is 10.1 Å². The van der Waals surface area contributed by atoms with Crippen LogP contribution in [0.25, 0.3) is 0 Å². The third-order valence-corrected chi connectivity index (χ3v) is 5.71. The molecule has 1 N–H and O–H groups in total. The molecule has 2 aromatic carbocycles. The summed E-state index contributed by atoms with van der Waals surface area (Å²) < 4.78 is 18.1. The van der Waals surface area contributed by atoms with Crippen LogP contribution in [0.2, 0.25) is 0 Å². The van der Waals surface area contributed by atoms with E-state index in [9.17, 15) is 14.0 Å². The number of thioether (sulfide) groups is 1. The number of carbonyl (C=O) groups is 2. The Morgan fingerprint density at radius 3 is 2.56 bits per heavy atom. The minimum absolute atomic E-state index is 0.0646. The lowest BCUT2D eigenvalue weighted by molar-refractivity contribution is -0.137. The Bertz CT molecular complexity index is 811. The Hall–Kier alpha value is -2.54. The lowest BCUT2D eigenvalue weighted by Crippen LogP contribution is -2.46. The number of hydrogen-bond donors (Lipinski definition) is 1. The van der Waals surface area contributed by atoms with E-state index >= 15 is 0 Å². The number of rotatable bonds is 6. The Balaban J connectivity index is 1.68. The summed E-state index contributed by atoms with van der Waals surface area (Å²) in [4.78, 5) is 26.6. The van der Waals surface area contributed by atoms with Gasteiger partial charge in [0.25, 0.3) is 0 Å². The molecule has 0 aliphatic carbocycles. The minimum Gasteiger partial charge on any atom is -0.497 e. The van der Waals surface area contributed by atoms with Crippen LogP contribution >= 0.6 is 11.8 Å². The predicted molar refractivity (Wildman–Crippen MR) is 103 cm³/mol. The second-order valence-corrected chi connectivity index (χ2v) is 7.33. The third kappa shape index (κ3) is 4.42. The lowest BCUT2D eigenvalue weighted by atomic mass is 10.1. The van der Waals surface area contributed by atoms with Crippen molar-refractivity contribution >= 4 is 23.6 Å². The van der Waals surface area contributed by atoms with Gasteiger partial charge in [-0.1, -0.05) is 24.3 Å². The molecule has 0 saturated carbocycles. The number of halogens is 1. The Kier molecular flexibility index (Phi) is 6.01. The highest BCUT2D eigenvalue weighted by molar-refractivity contribution is 8.00. The van der Waals surface area contributed by atoms with E-state index in [-0.39, 0.29) is 29.6 Å². The van der Waals surface area contributed by atoms with Crippen molar-refractivity contribution in [2.24, 2.45) is 0 Å². The van der Waals surface area contributed by atoms with Crippen LogP contribution in [0.15, 0.2) is 48.5 Å². The second-order valence-electron chi connectivity index (χ2n) is 6.26. The minimum atomic E-state index is -0.611. The van der Waals surface area contributed by atoms with E-state index < -0.39 is 6.04 Å². The van der Waals surface area contributed by atoms with Crippen molar-refractivity contribution < 1.29 is 18.7 Å². The maximum Gasteiger partial charge on any atom is 0.242 e. The third-order valence-electron chi connectivity index (χ3n) is 4.48. The first kappa shape index (κ1) is 19.2. The number of methoxy groups -OCH3 is 1. The normalized spacial score (nSPS) is 17.7. The first-order valence-electron chi connectivity index (χ1n) is 8.58. The molecule has 2 amide bonds. The zero-order valence-corrected chi connectivity index (χ0v) is 16.0. The molecule has 1 aliphatic rings. The van der Waals surface area contributed by atoms with Crippen molar-refractivity contribution in [3.8, 4) is 5.75 Å². The molecule has 7 heteroatoms. The number of ether oxygens (including phenoxy) is 1. The van der Waals surface area contributed by atoms with Crippen LogP contribution in [0, 0.1) is 5.82 Å². The van der Waals surface area contributed by atoms with Crippen LogP contribution in [-0.4, -0.2) is 35.6 Å². The summed E-state index contributed by atoms with van der Waals surface area (Å²) in [5.74, 6) is 0.454. The Labute approximate surface area is 161 Å². The Morgan fingerprint density at radius 2 is 1.93 bits per heavy atom. The first-order valence-corrected chi connectivity index (χ1v) is 9.63. The van der Waals surface area contributed by atoms with Gasteiger partial charge in [-0.15, -0.1) is 11.8 Å². The molecule has 142 valence electrons. The van der Waals surface area contributed by atoms with E-state index in [2.05, 4.69) is 5.32 Å². The summed E-state index contributed by atoms with van der Waals surface area (Å²) in [6.45, 7) is 2.01. The van der Waals surface area contributed by atoms with Crippen molar-refractivity contribution in [1.82, 2.24) is 10.2 Å². The van der Waals surface area contributed by atoms with E-state index in [4.69, 9.17) is 4.74 Å². The van der Waals surface area contributed by atoms with Gasteiger partial charge in [-0.05, 0) is 42.3 Å². The fourth-order valence-electron chi connectivity index (χ4n) is 2.95. The van der Waals surface area contributed by atoms with Crippen molar-refractivity contribution in [2.45, 2.75) is 24.9 Å². The van der Waals surface area contributed by atoms with E-state index in [0.717, 1.165) is 16.9 Å². The van der Waals surface area contributed by atoms with Crippen LogP contribution in [0.4, 0.5) is 4.39 Å². The van der Waals surface area contributed by atoms with Gasteiger partial charge in [-0.3, -0.25) is 9.59 Å². The van der Waals surface area contributed by atoms with Gasteiger partial charge in [0.2, 0.25) is 11.8 Å². The predicted octanol–water partition coefficient (Wildman–Crippen LogP) is 3.11. The molecule has 0 spiro atoms. The lowest BCUT2D eigenvalue weighted by Gasteiger charge is -2.29. The van der Waals surface area contributed by atoms with E-state index in [0.29, 0.717) is 5.75 Å². The number of carbonyl (C=O) groups excluding carboxylic acids is 2. The van der Waals surface area contributed by atoms with Crippen LogP contribution in [0.1, 0.15) is 23.4 Å². The maximum absolute atomic E-state index is 13.0. The highest BCUT2D eigenvalue weighted by Gasteiger charge is 2.38. The van der Waals surface area contributed by atoms with Gasteiger partial charge in [0.15, 0.2) is 0 Å². The number of benzene rings is 2.